The standard InChI is InChI=1S/C7H9NO3/c9-7-2-1-6(11-7)5-3-4-10-8-5/h6H,1-4H2. The Kier molecular flexibility index (Phi) is 1.52. The predicted octanol–water partition coefficient (Wildman–Crippen LogP) is 0.468. The van der Waals surface area contributed by atoms with Crippen LogP contribution in [0.25, 0.3) is 0 Å². The second kappa shape index (κ2) is 2.53. The number of hydrogen-bond donors (Lipinski definition) is 0. The van der Waals surface area contributed by atoms with E-state index < -0.39 is 0 Å². The van der Waals surface area contributed by atoms with Crippen molar-refractivity contribution in [1.82, 2.24) is 0 Å². The first-order valence-electron chi connectivity index (χ1n) is 3.74. The van der Waals surface area contributed by atoms with Crippen LogP contribution in [0.15, 0.2) is 5.16 Å². The van der Waals surface area contributed by atoms with Gasteiger partial charge in [0, 0.05) is 19.3 Å². The molecule has 0 aliphatic carbocycles. The third-order valence-corrected chi connectivity index (χ3v) is 1.89. The van der Waals surface area contributed by atoms with Gasteiger partial charge in [0.1, 0.15) is 18.4 Å². The normalized spacial score (nSPS) is 29.6. The highest BCUT2D eigenvalue weighted by molar-refractivity contribution is 5.92. The molecule has 0 saturated carbocycles. The molecule has 0 amide bonds. The van der Waals surface area contributed by atoms with Gasteiger partial charge in [0.2, 0.25) is 0 Å². The molecular formula is C7H9NO3. The van der Waals surface area contributed by atoms with Gasteiger partial charge in [-0.1, -0.05) is 5.16 Å². The van der Waals surface area contributed by atoms with Crippen molar-refractivity contribution >= 4 is 11.7 Å². The zero-order valence-electron chi connectivity index (χ0n) is 6.08. The number of oxime groups is 1. The summed E-state index contributed by atoms with van der Waals surface area (Å²) in [6, 6.07) is 0. The number of carbonyl (C=O) groups excluding carboxylic acids is 1. The van der Waals surface area contributed by atoms with E-state index in [9.17, 15) is 4.79 Å². The average molecular weight is 155 g/mol. The van der Waals surface area contributed by atoms with Crippen LogP contribution in [0.2, 0.25) is 0 Å². The van der Waals surface area contributed by atoms with Gasteiger partial charge in [0.05, 0.1) is 0 Å². The molecule has 1 unspecified atom stereocenters. The summed E-state index contributed by atoms with van der Waals surface area (Å²) in [5.41, 5.74) is 0.885. The lowest BCUT2D eigenvalue weighted by Crippen LogP contribution is -2.18. The number of ether oxygens (including phenoxy) is 1. The second-order valence-electron chi connectivity index (χ2n) is 2.68. The maximum absolute atomic E-state index is 10.7. The van der Waals surface area contributed by atoms with Crippen molar-refractivity contribution in [2.24, 2.45) is 5.16 Å². The van der Waals surface area contributed by atoms with Gasteiger partial charge in [-0.15, -0.1) is 0 Å². The molecule has 0 bridgehead atoms. The maximum atomic E-state index is 10.7. The Labute approximate surface area is 64.2 Å². The highest BCUT2D eigenvalue weighted by Gasteiger charge is 2.29. The van der Waals surface area contributed by atoms with Crippen LogP contribution in [0.5, 0.6) is 0 Å². The maximum Gasteiger partial charge on any atom is 0.306 e. The molecule has 4 nitrogen and oxygen atoms in total. The van der Waals surface area contributed by atoms with Crippen molar-refractivity contribution in [3.05, 3.63) is 0 Å². The summed E-state index contributed by atoms with van der Waals surface area (Å²) in [4.78, 5) is 15.5. The summed E-state index contributed by atoms with van der Waals surface area (Å²) >= 11 is 0. The van der Waals surface area contributed by atoms with Gasteiger partial charge in [-0.25, -0.2) is 0 Å². The fourth-order valence-corrected chi connectivity index (χ4v) is 1.30. The van der Waals surface area contributed by atoms with Crippen molar-refractivity contribution in [1.29, 1.82) is 0 Å². The molecule has 1 saturated heterocycles. The molecule has 0 aromatic heterocycles. The molecule has 4 heteroatoms. The topological polar surface area (TPSA) is 47.9 Å². The molecule has 11 heavy (non-hydrogen) atoms. The Hall–Kier alpha value is -1.06. The molecule has 2 aliphatic rings. The van der Waals surface area contributed by atoms with E-state index in [2.05, 4.69) is 5.16 Å². The molecule has 1 fully saturated rings. The number of rotatable bonds is 1. The first kappa shape index (κ1) is 6.64. The van der Waals surface area contributed by atoms with E-state index in [0.717, 1.165) is 18.6 Å². The van der Waals surface area contributed by atoms with Gasteiger partial charge in [-0.05, 0) is 0 Å². The van der Waals surface area contributed by atoms with Crippen LogP contribution in [0.1, 0.15) is 19.3 Å². The van der Waals surface area contributed by atoms with E-state index in [1.54, 1.807) is 0 Å². The Morgan fingerprint density at radius 3 is 2.91 bits per heavy atom. The van der Waals surface area contributed by atoms with Gasteiger partial charge >= 0.3 is 5.97 Å². The fraction of sp³-hybridized carbons (Fsp3) is 0.714. The monoisotopic (exact) mass is 155 g/mol. The summed E-state index contributed by atoms with van der Waals surface area (Å²) < 4.78 is 5.00. The van der Waals surface area contributed by atoms with E-state index >= 15 is 0 Å². The Morgan fingerprint density at radius 1 is 1.45 bits per heavy atom. The van der Waals surface area contributed by atoms with Crippen molar-refractivity contribution in [2.75, 3.05) is 6.61 Å². The highest BCUT2D eigenvalue weighted by atomic mass is 16.6. The zero-order chi connectivity index (χ0) is 7.68. The quantitative estimate of drug-likeness (QED) is 0.517. The number of nitrogens with zero attached hydrogens (tertiary/aromatic N) is 1. The Bertz CT molecular complexity index is 212. The molecule has 60 valence electrons. The minimum Gasteiger partial charge on any atom is -0.456 e. The summed E-state index contributed by atoms with van der Waals surface area (Å²) in [6.45, 7) is 0.628. The highest BCUT2D eigenvalue weighted by Crippen LogP contribution is 2.19. The Balaban J connectivity index is 2.00. The lowest BCUT2D eigenvalue weighted by atomic mass is 10.1. The lowest BCUT2D eigenvalue weighted by molar-refractivity contribution is -0.139. The predicted molar refractivity (Wildman–Crippen MR) is 37.1 cm³/mol. The van der Waals surface area contributed by atoms with Crippen LogP contribution in [0, 0.1) is 0 Å². The number of hydrogen-bond acceptors (Lipinski definition) is 4. The molecular weight excluding hydrogens is 146 g/mol. The van der Waals surface area contributed by atoms with Crippen molar-refractivity contribution in [3.8, 4) is 0 Å². The van der Waals surface area contributed by atoms with Gasteiger partial charge in [0.15, 0.2) is 0 Å². The summed E-state index contributed by atoms with van der Waals surface area (Å²) in [5, 5.41) is 3.79. The first-order chi connectivity index (χ1) is 5.36. The number of cyclic esters (lactones) is 1. The SMILES string of the molecule is O=C1CCC(C2=NOCC2)O1. The molecule has 0 spiro atoms. The molecule has 0 radical (unpaired) electrons. The Morgan fingerprint density at radius 2 is 2.36 bits per heavy atom. The third-order valence-electron chi connectivity index (χ3n) is 1.89. The molecule has 0 aromatic carbocycles. The fourth-order valence-electron chi connectivity index (χ4n) is 1.30. The van der Waals surface area contributed by atoms with Gasteiger partial charge in [-0.3, -0.25) is 4.79 Å². The van der Waals surface area contributed by atoms with Crippen LogP contribution in [-0.2, 0) is 14.4 Å². The van der Waals surface area contributed by atoms with Crippen molar-refractivity contribution < 1.29 is 14.4 Å². The van der Waals surface area contributed by atoms with Crippen molar-refractivity contribution in [2.45, 2.75) is 25.4 Å². The van der Waals surface area contributed by atoms with Crippen LogP contribution in [0.4, 0.5) is 0 Å². The molecule has 0 N–H and O–H groups in total. The van der Waals surface area contributed by atoms with Crippen LogP contribution < -0.4 is 0 Å². The van der Waals surface area contributed by atoms with Crippen LogP contribution in [0.3, 0.4) is 0 Å². The first-order valence-corrected chi connectivity index (χ1v) is 3.74. The smallest absolute Gasteiger partial charge is 0.306 e. The van der Waals surface area contributed by atoms with E-state index in [-0.39, 0.29) is 12.1 Å². The molecule has 2 heterocycles. The molecule has 2 rings (SSSR count). The summed E-state index contributed by atoms with van der Waals surface area (Å²) in [7, 11) is 0. The van der Waals surface area contributed by atoms with Gasteiger partial charge < -0.3 is 9.57 Å². The van der Waals surface area contributed by atoms with Crippen LogP contribution in [-0.4, -0.2) is 24.4 Å². The second-order valence-corrected chi connectivity index (χ2v) is 2.68. The van der Waals surface area contributed by atoms with Gasteiger partial charge in [0.25, 0.3) is 0 Å². The lowest BCUT2D eigenvalue weighted by Gasteiger charge is -2.04. The molecule has 1 atom stereocenters. The minimum atomic E-state index is -0.121. The van der Waals surface area contributed by atoms with Crippen molar-refractivity contribution in [3.63, 3.8) is 0 Å². The van der Waals surface area contributed by atoms with E-state index in [4.69, 9.17) is 9.57 Å². The number of carbonyl (C=O) groups is 1. The average Bonchev–Trinajstić information content (AvgIpc) is 2.55. The third kappa shape index (κ3) is 1.20. The molecule has 2 aliphatic heterocycles. The minimum absolute atomic E-state index is 0.0926. The van der Waals surface area contributed by atoms with E-state index in [0.29, 0.717) is 13.0 Å². The molecule has 0 aromatic rings. The van der Waals surface area contributed by atoms with Crippen LogP contribution >= 0.6 is 0 Å². The van der Waals surface area contributed by atoms with E-state index in [1.807, 2.05) is 0 Å². The zero-order valence-corrected chi connectivity index (χ0v) is 6.08. The largest absolute Gasteiger partial charge is 0.456 e. The summed E-state index contributed by atoms with van der Waals surface area (Å²) in [6.07, 6.45) is 1.99. The number of esters is 1. The summed E-state index contributed by atoms with van der Waals surface area (Å²) in [5.74, 6) is -0.121. The van der Waals surface area contributed by atoms with E-state index in [1.165, 1.54) is 0 Å². The van der Waals surface area contributed by atoms with Gasteiger partial charge in [-0.2, -0.15) is 0 Å².